The van der Waals surface area contributed by atoms with E-state index in [1.165, 1.54) is 49.3 Å². The van der Waals surface area contributed by atoms with Gasteiger partial charge in [-0.1, -0.05) is 87.2 Å². The van der Waals surface area contributed by atoms with Gasteiger partial charge in [0.1, 0.15) is 5.82 Å². The maximum absolute atomic E-state index is 14.4. The average molecular weight is 411 g/mol. The molecular formula is C27H29F3. The van der Waals surface area contributed by atoms with E-state index in [1.807, 2.05) is 12.1 Å². The van der Waals surface area contributed by atoms with Crippen LogP contribution in [0.2, 0.25) is 0 Å². The second-order valence-corrected chi connectivity index (χ2v) is 7.94. The Bertz CT molecular complexity index is 983. The highest BCUT2D eigenvalue weighted by molar-refractivity contribution is 5.86. The Kier molecular flexibility index (Phi) is 8.12. The van der Waals surface area contributed by atoms with Gasteiger partial charge in [-0.05, 0) is 47.8 Å². The monoisotopic (exact) mass is 410 g/mol. The summed E-state index contributed by atoms with van der Waals surface area (Å²) in [5, 5.41) is 1.11. The summed E-state index contributed by atoms with van der Waals surface area (Å²) in [5.41, 5.74) is 3.71. The van der Waals surface area contributed by atoms with Gasteiger partial charge in [0.25, 0.3) is 6.08 Å². The van der Waals surface area contributed by atoms with Crippen molar-refractivity contribution < 1.29 is 13.2 Å². The van der Waals surface area contributed by atoms with E-state index in [2.05, 4.69) is 31.2 Å². The minimum atomic E-state index is -1.90. The summed E-state index contributed by atoms with van der Waals surface area (Å²) in [6.07, 6.45) is 8.07. The first-order valence-electron chi connectivity index (χ1n) is 10.9. The van der Waals surface area contributed by atoms with Crippen LogP contribution in [0.5, 0.6) is 0 Å². The maximum Gasteiger partial charge on any atom is 0.271 e. The van der Waals surface area contributed by atoms with Gasteiger partial charge in [0.2, 0.25) is 0 Å². The van der Waals surface area contributed by atoms with Crippen LogP contribution in [0, 0.1) is 5.82 Å². The minimum absolute atomic E-state index is 0.0827. The van der Waals surface area contributed by atoms with E-state index in [0.717, 1.165) is 30.2 Å². The summed E-state index contributed by atoms with van der Waals surface area (Å²) in [4.78, 5) is 0. The highest BCUT2D eigenvalue weighted by Crippen LogP contribution is 2.25. The first kappa shape index (κ1) is 22.1. The Morgan fingerprint density at radius 2 is 1.37 bits per heavy atom. The number of fused-ring (bicyclic) bond motifs is 1. The zero-order valence-electron chi connectivity index (χ0n) is 17.6. The molecule has 3 rings (SSSR count). The third-order valence-electron chi connectivity index (χ3n) is 5.61. The van der Waals surface area contributed by atoms with Gasteiger partial charge in [-0.3, -0.25) is 0 Å². The molecule has 3 heteroatoms. The third-order valence-corrected chi connectivity index (χ3v) is 5.61. The summed E-state index contributed by atoms with van der Waals surface area (Å²) < 4.78 is 39.3. The van der Waals surface area contributed by atoms with Crippen molar-refractivity contribution in [2.24, 2.45) is 0 Å². The summed E-state index contributed by atoms with van der Waals surface area (Å²) in [6.45, 7) is 2.24. The first-order valence-corrected chi connectivity index (χ1v) is 10.9. The van der Waals surface area contributed by atoms with Crippen molar-refractivity contribution >= 4 is 16.8 Å². The van der Waals surface area contributed by atoms with Crippen LogP contribution < -0.4 is 0 Å². The van der Waals surface area contributed by atoms with Crippen molar-refractivity contribution in [2.75, 3.05) is 0 Å². The molecule has 0 saturated heterocycles. The van der Waals surface area contributed by atoms with Crippen LogP contribution in [0.3, 0.4) is 0 Å². The molecule has 0 heterocycles. The van der Waals surface area contributed by atoms with Gasteiger partial charge < -0.3 is 0 Å². The zero-order chi connectivity index (χ0) is 21.3. The van der Waals surface area contributed by atoms with Crippen LogP contribution in [0.1, 0.15) is 61.3 Å². The molecule has 158 valence electrons. The largest absolute Gasteiger partial charge is 0.271 e. The lowest BCUT2D eigenvalue weighted by Gasteiger charge is -2.08. The molecule has 0 aliphatic heterocycles. The molecule has 0 aliphatic carbocycles. The van der Waals surface area contributed by atoms with Crippen molar-refractivity contribution in [3.8, 4) is 0 Å². The van der Waals surface area contributed by atoms with Crippen LogP contribution in [0.15, 0.2) is 60.7 Å². The lowest BCUT2D eigenvalue weighted by atomic mass is 9.98. The van der Waals surface area contributed by atoms with E-state index >= 15 is 0 Å². The molecule has 0 atom stereocenters. The molecule has 0 spiro atoms. The molecule has 30 heavy (non-hydrogen) atoms. The van der Waals surface area contributed by atoms with Crippen molar-refractivity contribution in [2.45, 2.75) is 58.3 Å². The summed E-state index contributed by atoms with van der Waals surface area (Å²) in [6, 6.07) is 17.5. The fourth-order valence-corrected chi connectivity index (χ4v) is 3.84. The summed E-state index contributed by atoms with van der Waals surface area (Å²) >= 11 is 0. The molecule has 3 aromatic carbocycles. The predicted octanol–water partition coefficient (Wildman–Crippen LogP) is 8.51. The Balaban J connectivity index is 1.58. The molecular weight excluding hydrogens is 381 g/mol. The molecule has 0 saturated carbocycles. The van der Waals surface area contributed by atoms with E-state index in [4.69, 9.17) is 0 Å². The van der Waals surface area contributed by atoms with Crippen molar-refractivity contribution in [3.63, 3.8) is 0 Å². The van der Waals surface area contributed by atoms with Crippen molar-refractivity contribution in [1.29, 1.82) is 0 Å². The highest BCUT2D eigenvalue weighted by atomic mass is 19.3. The molecule has 0 bridgehead atoms. The molecule has 0 fully saturated rings. The van der Waals surface area contributed by atoms with Crippen LogP contribution in [0.4, 0.5) is 13.2 Å². The number of unbranched alkanes of at least 4 members (excludes halogenated alkanes) is 4. The Hall–Kier alpha value is -2.55. The van der Waals surface area contributed by atoms with Crippen LogP contribution in [-0.4, -0.2) is 0 Å². The SMILES string of the molecule is CCCCCCCc1ccc(CCc2ccc3c(F)c(C=C(F)F)ccc3c2)cc1. The molecule has 0 amide bonds. The Morgan fingerprint density at radius 1 is 0.733 bits per heavy atom. The normalized spacial score (nSPS) is 11.1. The number of halogens is 3. The predicted molar refractivity (Wildman–Crippen MR) is 120 cm³/mol. The minimum Gasteiger partial charge on any atom is -0.206 e. The fourth-order valence-electron chi connectivity index (χ4n) is 3.84. The van der Waals surface area contributed by atoms with Gasteiger partial charge in [-0.2, -0.15) is 8.78 Å². The van der Waals surface area contributed by atoms with E-state index in [-0.39, 0.29) is 5.56 Å². The number of hydrogen-bond acceptors (Lipinski definition) is 0. The average Bonchev–Trinajstić information content (AvgIpc) is 2.75. The smallest absolute Gasteiger partial charge is 0.206 e. The zero-order valence-corrected chi connectivity index (χ0v) is 17.6. The molecule has 0 aliphatic rings. The number of benzene rings is 3. The topological polar surface area (TPSA) is 0 Å². The Morgan fingerprint density at radius 3 is 2.07 bits per heavy atom. The number of rotatable bonds is 10. The van der Waals surface area contributed by atoms with Gasteiger partial charge >= 0.3 is 0 Å². The van der Waals surface area contributed by atoms with Gasteiger partial charge in [-0.25, -0.2) is 4.39 Å². The number of hydrogen-bond donors (Lipinski definition) is 0. The quantitative estimate of drug-likeness (QED) is 0.294. The van der Waals surface area contributed by atoms with Gasteiger partial charge in [-0.15, -0.1) is 0 Å². The second kappa shape index (κ2) is 11.0. The highest BCUT2D eigenvalue weighted by Gasteiger charge is 2.08. The van der Waals surface area contributed by atoms with Crippen LogP contribution in [-0.2, 0) is 19.3 Å². The van der Waals surface area contributed by atoms with Crippen molar-refractivity contribution in [1.82, 2.24) is 0 Å². The molecule has 0 aromatic heterocycles. The lowest BCUT2D eigenvalue weighted by molar-refractivity contribution is 0.429. The Labute approximate surface area is 177 Å². The third kappa shape index (κ3) is 6.22. The lowest BCUT2D eigenvalue weighted by Crippen LogP contribution is -1.94. The first-order chi connectivity index (χ1) is 14.6. The van der Waals surface area contributed by atoms with E-state index in [9.17, 15) is 13.2 Å². The van der Waals surface area contributed by atoms with Crippen molar-refractivity contribution in [3.05, 3.63) is 88.7 Å². The van der Waals surface area contributed by atoms with E-state index in [0.29, 0.717) is 11.5 Å². The molecule has 0 unspecified atom stereocenters. The summed E-state index contributed by atoms with van der Waals surface area (Å²) in [5.74, 6) is -0.600. The number of aryl methyl sites for hydroxylation is 3. The molecule has 0 N–H and O–H groups in total. The summed E-state index contributed by atoms with van der Waals surface area (Å²) in [7, 11) is 0. The van der Waals surface area contributed by atoms with E-state index < -0.39 is 11.9 Å². The fraction of sp³-hybridized carbons (Fsp3) is 0.333. The molecule has 3 aromatic rings. The maximum atomic E-state index is 14.4. The van der Waals surface area contributed by atoms with Gasteiger partial charge in [0.15, 0.2) is 0 Å². The second-order valence-electron chi connectivity index (χ2n) is 7.94. The van der Waals surface area contributed by atoms with Gasteiger partial charge in [0, 0.05) is 17.0 Å². The van der Waals surface area contributed by atoms with Crippen LogP contribution >= 0.6 is 0 Å². The molecule has 0 nitrogen and oxygen atoms in total. The van der Waals surface area contributed by atoms with Gasteiger partial charge in [0.05, 0.1) is 0 Å². The van der Waals surface area contributed by atoms with Crippen LogP contribution in [0.25, 0.3) is 16.8 Å². The standard InChI is InChI=1S/C27H29F3/c1-2-3-4-5-6-7-20-8-10-21(11-9-20)12-13-22-14-17-25-23(18-22)15-16-24(27(25)30)19-26(28)29/h8-11,14-19H,2-7,12-13H2,1H3. The van der Waals surface area contributed by atoms with E-state index in [1.54, 1.807) is 12.1 Å². The molecule has 0 radical (unpaired) electrons.